The second-order valence-corrected chi connectivity index (χ2v) is 3.79. The number of hydrogen-bond donors (Lipinski definition) is 2. The fourth-order valence-corrected chi connectivity index (χ4v) is 1.50. The van der Waals surface area contributed by atoms with E-state index in [4.69, 9.17) is 9.63 Å². The predicted molar refractivity (Wildman–Crippen MR) is 60.0 cm³/mol. The Labute approximate surface area is 97.3 Å². The van der Waals surface area contributed by atoms with Crippen LogP contribution in [0.2, 0.25) is 0 Å². The van der Waals surface area contributed by atoms with Crippen molar-refractivity contribution in [3.8, 4) is 17.1 Å². The van der Waals surface area contributed by atoms with Crippen molar-refractivity contribution in [1.29, 1.82) is 0 Å². The zero-order valence-electron chi connectivity index (χ0n) is 9.39. The Kier molecular flexibility index (Phi) is 2.59. The molecule has 17 heavy (non-hydrogen) atoms. The number of carboxylic acids is 1. The third-order valence-electron chi connectivity index (χ3n) is 2.70. The molecule has 0 aliphatic carbocycles. The van der Waals surface area contributed by atoms with Gasteiger partial charge < -0.3 is 14.7 Å². The van der Waals surface area contributed by atoms with Crippen LogP contribution in [-0.4, -0.2) is 21.3 Å². The minimum Gasteiger partial charge on any atom is -0.507 e. The molecule has 0 aliphatic rings. The Morgan fingerprint density at radius 2 is 2.06 bits per heavy atom. The average molecular weight is 233 g/mol. The molecule has 0 saturated carbocycles. The summed E-state index contributed by atoms with van der Waals surface area (Å²) in [6, 6.07) is 4.78. The summed E-state index contributed by atoms with van der Waals surface area (Å²) in [7, 11) is 0. The van der Waals surface area contributed by atoms with Crippen molar-refractivity contribution in [2.24, 2.45) is 0 Å². The van der Waals surface area contributed by atoms with Gasteiger partial charge in [-0.1, -0.05) is 11.2 Å². The van der Waals surface area contributed by atoms with Crippen molar-refractivity contribution >= 4 is 5.97 Å². The van der Waals surface area contributed by atoms with Crippen LogP contribution in [0.3, 0.4) is 0 Å². The van der Waals surface area contributed by atoms with Gasteiger partial charge in [0.2, 0.25) is 0 Å². The van der Waals surface area contributed by atoms with E-state index >= 15 is 0 Å². The highest BCUT2D eigenvalue weighted by Crippen LogP contribution is 2.33. The van der Waals surface area contributed by atoms with Gasteiger partial charge in [-0.3, -0.25) is 0 Å². The maximum atomic E-state index is 10.7. The first-order valence-electron chi connectivity index (χ1n) is 5.00. The van der Waals surface area contributed by atoms with E-state index in [0.717, 1.165) is 11.1 Å². The summed E-state index contributed by atoms with van der Waals surface area (Å²) in [5, 5.41) is 22.1. The van der Waals surface area contributed by atoms with Crippen LogP contribution < -0.4 is 0 Å². The predicted octanol–water partition coefficient (Wildman–Crippen LogP) is 2.36. The molecule has 0 saturated heterocycles. The summed E-state index contributed by atoms with van der Waals surface area (Å²) in [5.41, 5.74) is 1.94. The molecule has 2 rings (SSSR count). The fraction of sp³-hybridized carbons (Fsp3) is 0.167. The topological polar surface area (TPSA) is 83.6 Å². The van der Waals surface area contributed by atoms with Gasteiger partial charge in [0, 0.05) is 6.07 Å². The molecule has 0 spiro atoms. The zero-order valence-corrected chi connectivity index (χ0v) is 9.39. The number of nitrogens with zero attached hydrogens (tertiary/aromatic N) is 1. The Morgan fingerprint density at radius 3 is 2.65 bits per heavy atom. The second kappa shape index (κ2) is 3.93. The van der Waals surface area contributed by atoms with Crippen LogP contribution in [0.25, 0.3) is 11.3 Å². The van der Waals surface area contributed by atoms with Gasteiger partial charge in [-0.25, -0.2) is 4.79 Å². The van der Waals surface area contributed by atoms with Crippen molar-refractivity contribution in [3.05, 3.63) is 35.0 Å². The molecule has 2 N–H and O–H groups in total. The summed E-state index contributed by atoms with van der Waals surface area (Å²) in [4.78, 5) is 10.7. The molecule has 1 aromatic carbocycles. The second-order valence-electron chi connectivity index (χ2n) is 3.79. The lowest BCUT2D eigenvalue weighted by Gasteiger charge is -2.06. The molecule has 88 valence electrons. The summed E-state index contributed by atoms with van der Waals surface area (Å²) < 4.78 is 4.90. The molecular weight excluding hydrogens is 222 g/mol. The van der Waals surface area contributed by atoms with Crippen LogP contribution in [0.1, 0.15) is 21.6 Å². The lowest BCUT2D eigenvalue weighted by molar-refractivity contribution is 0.0686. The van der Waals surface area contributed by atoms with Crippen molar-refractivity contribution in [3.63, 3.8) is 0 Å². The minimum atomic E-state index is -1.16. The van der Waals surface area contributed by atoms with Crippen molar-refractivity contribution < 1.29 is 19.5 Å². The lowest BCUT2D eigenvalue weighted by atomic mass is 10.0. The van der Waals surface area contributed by atoms with Crippen molar-refractivity contribution in [1.82, 2.24) is 5.16 Å². The largest absolute Gasteiger partial charge is 0.507 e. The number of aromatic hydroxyl groups is 1. The van der Waals surface area contributed by atoms with Crippen LogP contribution >= 0.6 is 0 Å². The number of aromatic nitrogens is 1. The van der Waals surface area contributed by atoms with E-state index in [1.165, 1.54) is 6.07 Å². The van der Waals surface area contributed by atoms with Crippen LogP contribution in [-0.2, 0) is 0 Å². The first-order valence-corrected chi connectivity index (χ1v) is 5.00. The molecule has 0 radical (unpaired) electrons. The van der Waals surface area contributed by atoms with E-state index in [1.807, 2.05) is 13.0 Å². The molecule has 0 atom stereocenters. The minimum absolute atomic E-state index is 0.0816. The van der Waals surface area contributed by atoms with Crippen molar-refractivity contribution in [2.75, 3.05) is 0 Å². The summed E-state index contributed by atoms with van der Waals surface area (Å²) in [6.07, 6.45) is 0. The molecule has 0 amide bonds. The number of phenols is 1. The van der Waals surface area contributed by atoms with E-state index in [0.29, 0.717) is 5.56 Å². The lowest BCUT2D eigenvalue weighted by Crippen LogP contribution is -1.94. The number of aryl methyl sites for hydroxylation is 1. The van der Waals surface area contributed by atoms with Gasteiger partial charge >= 0.3 is 5.97 Å². The normalized spacial score (nSPS) is 10.5. The molecule has 1 heterocycles. The number of aromatic carboxylic acids is 1. The third-order valence-corrected chi connectivity index (χ3v) is 2.70. The van der Waals surface area contributed by atoms with E-state index in [9.17, 15) is 9.90 Å². The number of carbonyl (C=O) groups is 1. The summed E-state index contributed by atoms with van der Waals surface area (Å²) in [6.45, 7) is 3.66. The summed E-state index contributed by atoms with van der Waals surface area (Å²) >= 11 is 0. The standard InChI is InChI=1S/C12H11NO4/c1-6-3-4-8(11(14)7(6)2)10-5-9(12(15)16)13-17-10/h3-5,14H,1-2H3,(H,15,16). The van der Waals surface area contributed by atoms with Crippen LogP contribution in [0, 0.1) is 13.8 Å². The number of hydrogen-bond acceptors (Lipinski definition) is 4. The summed E-state index contributed by atoms with van der Waals surface area (Å²) in [5.74, 6) is -0.843. The fourth-order valence-electron chi connectivity index (χ4n) is 1.50. The van der Waals surface area contributed by atoms with Gasteiger partial charge in [0.05, 0.1) is 5.56 Å². The van der Waals surface area contributed by atoms with E-state index in [2.05, 4.69) is 5.16 Å². The van der Waals surface area contributed by atoms with Crippen LogP contribution in [0.4, 0.5) is 0 Å². The van der Waals surface area contributed by atoms with Crippen LogP contribution in [0.15, 0.2) is 22.7 Å². The van der Waals surface area contributed by atoms with E-state index < -0.39 is 5.97 Å². The smallest absolute Gasteiger partial charge is 0.358 e. The van der Waals surface area contributed by atoms with Crippen LogP contribution in [0.5, 0.6) is 5.75 Å². The SMILES string of the molecule is Cc1ccc(-c2cc(C(=O)O)no2)c(O)c1C. The number of rotatable bonds is 2. The highest BCUT2D eigenvalue weighted by molar-refractivity contribution is 5.86. The molecule has 1 aromatic heterocycles. The third kappa shape index (κ3) is 1.87. The van der Waals surface area contributed by atoms with Gasteiger partial charge in [-0.15, -0.1) is 0 Å². The van der Waals surface area contributed by atoms with Gasteiger partial charge in [0.25, 0.3) is 0 Å². The van der Waals surface area contributed by atoms with E-state index in [-0.39, 0.29) is 17.2 Å². The number of phenolic OH excluding ortho intramolecular Hbond substituents is 1. The maximum absolute atomic E-state index is 10.7. The molecule has 5 heteroatoms. The monoisotopic (exact) mass is 233 g/mol. The zero-order chi connectivity index (χ0) is 12.6. The van der Waals surface area contributed by atoms with Crippen molar-refractivity contribution in [2.45, 2.75) is 13.8 Å². The molecule has 2 aromatic rings. The molecule has 0 unspecified atom stereocenters. The highest BCUT2D eigenvalue weighted by Gasteiger charge is 2.16. The quantitative estimate of drug-likeness (QED) is 0.831. The van der Waals surface area contributed by atoms with Gasteiger partial charge in [0.1, 0.15) is 5.75 Å². The number of benzene rings is 1. The van der Waals surface area contributed by atoms with Gasteiger partial charge in [0.15, 0.2) is 11.5 Å². The maximum Gasteiger partial charge on any atom is 0.358 e. The molecule has 5 nitrogen and oxygen atoms in total. The Bertz CT molecular complexity index is 586. The molecule has 0 fully saturated rings. The number of carboxylic acid groups (broad SMARTS) is 1. The first-order chi connectivity index (χ1) is 8.00. The Balaban J connectivity index is 2.53. The molecule has 0 bridgehead atoms. The van der Waals surface area contributed by atoms with Gasteiger partial charge in [-0.2, -0.15) is 0 Å². The Hall–Kier alpha value is -2.30. The van der Waals surface area contributed by atoms with E-state index in [1.54, 1.807) is 13.0 Å². The molecule has 0 aliphatic heterocycles. The first kappa shape index (κ1) is 11.2. The average Bonchev–Trinajstić information content (AvgIpc) is 2.75. The Morgan fingerprint density at radius 1 is 1.35 bits per heavy atom. The molecular formula is C12H11NO4. The highest BCUT2D eigenvalue weighted by atomic mass is 16.5. The van der Waals surface area contributed by atoms with Gasteiger partial charge in [-0.05, 0) is 31.0 Å².